The lowest BCUT2D eigenvalue weighted by atomic mass is 10.3. The van der Waals surface area contributed by atoms with Crippen molar-refractivity contribution in [2.75, 3.05) is 4.57 Å². The fourth-order valence-electron chi connectivity index (χ4n) is 2.45. The van der Waals surface area contributed by atoms with Crippen LogP contribution in [0.3, 0.4) is 0 Å². The summed E-state index contributed by atoms with van der Waals surface area (Å²) >= 11 is 0. The van der Waals surface area contributed by atoms with Crippen LogP contribution in [0, 0.1) is 0 Å². The molecule has 0 aliphatic carbocycles. The second kappa shape index (κ2) is 5.89. The Hall–Kier alpha value is -1.80. The maximum atomic E-state index is 3.92. The summed E-state index contributed by atoms with van der Waals surface area (Å²) in [4.78, 5) is 0. The van der Waals surface area contributed by atoms with Crippen LogP contribution < -0.4 is 4.57 Å². The molecule has 0 spiro atoms. The van der Waals surface area contributed by atoms with Gasteiger partial charge in [-0.1, -0.05) is 55.6 Å². The maximum absolute atomic E-state index is 3.92. The Kier molecular flexibility index (Phi) is 4.22. The third-order valence-electron chi connectivity index (χ3n) is 3.28. The zero-order chi connectivity index (χ0) is 13.7. The SMILES string of the molecule is C=CC[Si](C)(C)N(c1ccccc1)c1ccccc1. The summed E-state index contributed by atoms with van der Waals surface area (Å²) in [5, 5.41) is 0. The van der Waals surface area contributed by atoms with E-state index >= 15 is 0 Å². The Morgan fingerprint density at radius 1 is 0.895 bits per heavy atom. The van der Waals surface area contributed by atoms with Gasteiger partial charge in [0.1, 0.15) is 0 Å². The van der Waals surface area contributed by atoms with Crippen LogP contribution in [0.1, 0.15) is 0 Å². The number of nitrogens with zero attached hydrogens (tertiary/aromatic N) is 1. The molecule has 0 aliphatic heterocycles. The molecular formula is C17H21NSi. The summed E-state index contributed by atoms with van der Waals surface area (Å²) < 4.78 is 2.51. The monoisotopic (exact) mass is 267 g/mol. The first-order valence-electron chi connectivity index (χ1n) is 6.66. The number of allylic oxidation sites excluding steroid dienone is 1. The first-order chi connectivity index (χ1) is 9.15. The lowest BCUT2D eigenvalue weighted by molar-refractivity contribution is 1.28. The molecule has 0 aromatic heterocycles. The van der Waals surface area contributed by atoms with Gasteiger partial charge in [0.25, 0.3) is 0 Å². The number of hydrogen-bond acceptors (Lipinski definition) is 1. The van der Waals surface area contributed by atoms with Crippen molar-refractivity contribution < 1.29 is 0 Å². The molecule has 0 bridgehead atoms. The van der Waals surface area contributed by atoms with Crippen molar-refractivity contribution in [3.05, 3.63) is 73.3 Å². The largest absolute Gasteiger partial charge is 0.369 e. The zero-order valence-electron chi connectivity index (χ0n) is 11.7. The van der Waals surface area contributed by atoms with Crippen molar-refractivity contribution in [3.8, 4) is 0 Å². The second-order valence-electron chi connectivity index (χ2n) is 5.31. The van der Waals surface area contributed by atoms with Gasteiger partial charge in [0, 0.05) is 11.4 Å². The van der Waals surface area contributed by atoms with Crippen molar-refractivity contribution in [2.24, 2.45) is 0 Å². The van der Waals surface area contributed by atoms with E-state index in [2.05, 4.69) is 84.9 Å². The van der Waals surface area contributed by atoms with Crippen LogP contribution in [0.2, 0.25) is 19.1 Å². The summed E-state index contributed by atoms with van der Waals surface area (Å²) in [6.45, 7) is 8.69. The second-order valence-corrected chi connectivity index (χ2v) is 9.79. The molecule has 0 radical (unpaired) electrons. The van der Waals surface area contributed by atoms with Gasteiger partial charge in [0.15, 0.2) is 8.24 Å². The number of anilines is 2. The molecule has 0 aliphatic rings. The average Bonchev–Trinajstić information content (AvgIpc) is 2.41. The standard InChI is InChI=1S/C17H21NSi/c1-4-15-19(2,3)18(16-11-7-5-8-12-16)17-13-9-6-10-14-17/h4-14H,1,15H2,2-3H3. The molecule has 0 saturated heterocycles. The average molecular weight is 267 g/mol. The highest BCUT2D eigenvalue weighted by atomic mass is 28.3. The third kappa shape index (κ3) is 3.15. The van der Waals surface area contributed by atoms with Crippen molar-refractivity contribution in [3.63, 3.8) is 0 Å². The Bertz CT molecular complexity index is 480. The molecular weight excluding hydrogens is 246 g/mol. The fraction of sp³-hybridized carbons (Fsp3) is 0.176. The van der Waals surface area contributed by atoms with E-state index in [-0.39, 0.29) is 0 Å². The molecule has 0 amide bonds. The first-order valence-corrected chi connectivity index (χ1v) is 9.82. The van der Waals surface area contributed by atoms with E-state index in [1.807, 2.05) is 6.08 Å². The van der Waals surface area contributed by atoms with E-state index in [0.717, 1.165) is 6.04 Å². The van der Waals surface area contributed by atoms with Gasteiger partial charge in [-0.3, -0.25) is 0 Å². The molecule has 1 nitrogen and oxygen atoms in total. The van der Waals surface area contributed by atoms with E-state index < -0.39 is 8.24 Å². The molecule has 19 heavy (non-hydrogen) atoms. The number of para-hydroxylation sites is 2. The van der Waals surface area contributed by atoms with Gasteiger partial charge in [-0.25, -0.2) is 0 Å². The molecule has 2 heteroatoms. The minimum absolute atomic E-state index is 1.07. The summed E-state index contributed by atoms with van der Waals surface area (Å²) in [6, 6.07) is 22.3. The van der Waals surface area contributed by atoms with Crippen molar-refractivity contribution in [1.82, 2.24) is 0 Å². The van der Waals surface area contributed by atoms with Gasteiger partial charge >= 0.3 is 0 Å². The number of hydrogen-bond donors (Lipinski definition) is 0. The number of benzene rings is 2. The van der Waals surface area contributed by atoms with Gasteiger partial charge in [-0.2, -0.15) is 0 Å². The van der Waals surface area contributed by atoms with E-state index in [9.17, 15) is 0 Å². The highest BCUT2D eigenvalue weighted by Crippen LogP contribution is 2.32. The summed E-state index contributed by atoms with van der Waals surface area (Å²) in [5.41, 5.74) is 2.54. The van der Waals surface area contributed by atoms with E-state index in [1.165, 1.54) is 11.4 Å². The quantitative estimate of drug-likeness (QED) is 0.530. The molecule has 2 aromatic carbocycles. The van der Waals surface area contributed by atoms with E-state index in [1.54, 1.807) is 0 Å². The van der Waals surface area contributed by atoms with E-state index in [4.69, 9.17) is 0 Å². The Balaban J connectivity index is 2.48. The van der Waals surface area contributed by atoms with Gasteiger partial charge in [0.2, 0.25) is 0 Å². The molecule has 2 rings (SSSR count). The number of rotatable bonds is 5. The Morgan fingerprint density at radius 2 is 1.32 bits per heavy atom. The Morgan fingerprint density at radius 3 is 1.68 bits per heavy atom. The first kappa shape index (κ1) is 13.6. The van der Waals surface area contributed by atoms with Crippen LogP contribution >= 0.6 is 0 Å². The molecule has 2 aromatic rings. The van der Waals surface area contributed by atoms with Crippen LogP contribution in [0.4, 0.5) is 11.4 Å². The lowest BCUT2D eigenvalue weighted by Crippen LogP contribution is -2.45. The lowest BCUT2D eigenvalue weighted by Gasteiger charge is -2.38. The predicted octanol–water partition coefficient (Wildman–Crippen LogP) is 5.22. The molecule has 0 unspecified atom stereocenters. The molecule has 0 fully saturated rings. The summed E-state index contributed by atoms with van der Waals surface area (Å²) in [7, 11) is -1.60. The van der Waals surface area contributed by atoms with Crippen molar-refractivity contribution >= 4 is 19.6 Å². The molecule has 0 atom stereocenters. The molecule has 98 valence electrons. The van der Waals surface area contributed by atoms with Crippen LogP contribution in [-0.2, 0) is 0 Å². The van der Waals surface area contributed by atoms with Crippen LogP contribution in [0.25, 0.3) is 0 Å². The van der Waals surface area contributed by atoms with Gasteiger partial charge in [-0.05, 0) is 30.3 Å². The fourth-order valence-corrected chi connectivity index (χ4v) is 5.03. The molecule has 0 saturated carbocycles. The summed E-state index contributed by atoms with van der Waals surface area (Å²) in [5.74, 6) is 0. The highest BCUT2D eigenvalue weighted by Gasteiger charge is 2.29. The minimum atomic E-state index is -1.60. The van der Waals surface area contributed by atoms with Crippen LogP contribution in [0.15, 0.2) is 73.3 Å². The minimum Gasteiger partial charge on any atom is -0.369 e. The Labute approximate surface area is 117 Å². The van der Waals surface area contributed by atoms with Gasteiger partial charge < -0.3 is 4.57 Å². The van der Waals surface area contributed by atoms with E-state index in [0.29, 0.717) is 0 Å². The van der Waals surface area contributed by atoms with Gasteiger partial charge in [0.05, 0.1) is 0 Å². The maximum Gasteiger partial charge on any atom is 0.160 e. The smallest absolute Gasteiger partial charge is 0.160 e. The predicted molar refractivity (Wildman–Crippen MR) is 87.5 cm³/mol. The topological polar surface area (TPSA) is 3.24 Å². The highest BCUT2D eigenvalue weighted by molar-refractivity contribution is 6.82. The van der Waals surface area contributed by atoms with Crippen molar-refractivity contribution in [2.45, 2.75) is 19.1 Å². The molecule has 0 N–H and O–H groups in total. The van der Waals surface area contributed by atoms with Crippen LogP contribution in [0.5, 0.6) is 0 Å². The van der Waals surface area contributed by atoms with Crippen molar-refractivity contribution in [1.29, 1.82) is 0 Å². The third-order valence-corrected chi connectivity index (χ3v) is 6.29. The molecule has 0 heterocycles. The zero-order valence-corrected chi connectivity index (χ0v) is 12.7. The van der Waals surface area contributed by atoms with Crippen LogP contribution in [-0.4, -0.2) is 8.24 Å². The summed E-state index contributed by atoms with van der Waals surface area (Å²) in [6.07, 6.45) is 2.05. The van der Waals surface area contributed by atoms with Gasteiger partial charge in [-0.15, -0.1) is 6.58 Å². The normalized spacial score (nSPS) is 11.1.